The van der Waals surface area contributed by atoms with Gasteiger partial charge in [0.25, 0.3) is 0 Å². The van der Waals surface area contributed by atoms with Gasteiger partial charge in [-0.25, -0.2) is 0 Å². The van der Waals surface area contributed by atoms with Crippen molar-refractivity contribution in [3.05, 3.63) is 88.1 Å². The number of ether oxygens (including phenoxy) is 2. The van der Waals surface area contributed by atoms with Gasteiger partial charge in [0.05, 0.1) is 31.6 Å². The van der Waals surface area contributed by atoms with Crippen molar-refractivity contribution in [1.29, 1.82) is 0 Å². The van der Waals surface area contributed by atoms with E-state index in [-0.39, 0.29) is 17.5 Å². The van der Waals surface area contributed by atoms with Gasteiger partial charge in [0.15, 0.2) is 17.3 Å². The highest BCUT2D eigenvalue weighted by atomic mass is 35.5. The van der Waals surface area contributed by atoms with Gasteiger partial charge in [-0.2, -0.15) is 0 Å². The van der Waals surface area contributed by atoms with E-state index < -0.39 is 6.04 Å². The number of rotatable bonds is 4. The first-order valence-corrected chi connectivity index (χ1v) is 11.5. The van der Waals surface area contributed by atoms with E-state index in [0.29, 0.717) is 40.5 Å². The third-order valence-corrected chi connectivity index (χ3v) is 6.72. The number of benzene rings is 3. The number of anilines is 2. The third kappa shape index (κ3) is 3.94. The molecule has 7 heteroatoms. The number of allylic oxidation sites excluding steroid dienone is 1. The molecule has 174 valence electrons. The first-order valence-electron chi connectivity index (χ1n) is 11.1. The fourth-order valence-electron chi connectivity index (χ4n) is 4.82. The van der Waals surface area contributed by atoms with E-state index >= 15 is 0 Å². The molecule has 0 saturated carbocycles. The van der Waals surface area contributed by atoms with Crippen LogP contribution in [0.25, 0.3) is 0 Å². The number of phenolic OH excluding ortho intramolecular Hbond substituents is 1. The zero-order chi connectivity index (χ0) is 23.8. The van der Waals surface area contributed by atoms with Crippen LogP contribution in [0.2, 0.25) is 5.02 Å². The number of halogens is 1. The summed E-state index contributed by atoms with van der Waals surface area (Å²) in [6.45, 7) is 0. The lowest BCUT2D eigenvalue weighted by atomic mass is 9.78. The summed E-state index contributed by atoms with van der Waals surface area (Å²) >= 11 is 6.27. The molecule has 34 heavy (non-hydrogen) atoms. The van der Waals surface area contributed by atoms with Crippen LogP contribution < -0.4 is 20.1 Å². The van der Waals surface area contributed by atoms with Gasteiger partial charge in [-0.3, -0.25) is 4.79 Å². The number of hydrogen-bond acceptors (Lipinski definition) is 6. The number of carbonyl (C=O) groups excluding carboxylic acids is 1. The molecular formula is C27H25ClN2O4. The SMILES string of the molecule is COc1ccc(C2CC(=O)C3=C(C2)Nc2ccccc2NC3c2cc(Cl)ccc2O)cc1OC. The molecule has 5 rings (SSSR count). The van der Waals surface area contributed by atoms with Crippen LogP contribution in [0.4, 0.5) is 11.4 Å². The highest BCUT2D eigenvalue weighted by molar-refractivity contribution is 6.30. The second-order valence-corrected chi connectivity index (χ2v) is 8.92. The number of Topliss-reactive ketones (excluding diaryl/α,β-unsaturated/α-hetero) is 1. The quantitative estimate of drug-likeness (QED) is 0.426. The molecule has 2 unspecified atom stereocenters. The zero-order valence-electron chi connectivity index (χ0n) is 18.9. The summed E-state index contributed by atoms with van der Waals surface area (Å²) in [7, 11) is 3.20. The van der Waals surface area contributed by atoms with Crippen molar-refractivity contribution in [2.24, 2.45) is 0 Å². The van der Waals surface area contributed by atoms with E-state index in [9.17, 15) is 9.90 Å². The van der Waals surface area contributed by atoms with Crippen molar-refractivity contribution in [1.82, 2.24) is 0 Å². The Balaban J connectivity index is 1.61. The highest BCUT2D eigenvalue weighted by Gasteiger charge is 2.37. The van der Waals surface area contributed by atoms with E-state index in [2.05, 4.69) is 10.6 Å². The maximum atomic E-state index is 13.7. The maximum absolute atomic E-state index is 13.7. The summed E-state index contributed by atoms with van der Waals surface area (Å²) in [6, 6.07) is 17.9. The average Bonchev–Trinajstić information content (AvgIpc) is 3.01. The predicted octanol–water partition coefficient (Wildman–Crippen LogP) is 6.04. The smallest absolute Gasteiger partial charge is 0.163 e. The van der Waals surface area contributed by atoms with Crippen molar-refractivity contribution >= 4 is 28.8 Å². The number of fused-ring (bicyclic) bond motifs is 1. The molecule has 1 aliphatic carbocycles. The summed E-state index contributed by atoms with van der Waals surface area (Å²) in [5, 5.41) is 18.1. The van der Waals surface area contributed by atoms with Crippen LogP contribution in [-0.2, 0) is 4.79 Å². The van der Waals surface area contributed by atoms with Gasteiger partial charge in [0.1, 0.15) is 5.75 Å². The van der Waals surface area contributed by atoms with Crippen molar-refractivity contribution < 1.29 is 19.4 Å². The Bertz CT molecular complexity index is 1300. The van der Waals surface area contributed by atoms with Crippen LogP contribution in [0.3, 0.4) is 0 Å². The minimum Gasteiger partial charge on any atom is -0.508 e. The van der Waals surface area contributed by atoms with Crippen LogP contribution >= 0.6 is 11.6 Å². The molecule has 2 aliphatic rings. The van der Waals surface area contributed by atoms with E-state index in [0.717, 1.165) is 22.6 Å². The number of nitrogens with one attached hydrogen (secondary N) is 2. The summed E-state index contributed by atoms with van der Waals surface area (Å²) in [5.41, 5.74) is 4.74. The first kappa shape index (κ1) is 22.2. The molecule has 2 atom stereocenters. The van der Waals surface area contributed by atoms with E-state index in [1.165, 1.54) is 0 Å². The van der Waals surface area contributed by atoms with E-state index in [1.807, 2.05) is 42.5 Å². The lowest BCUT2D eigenvalue weighted by Crippen LogP contribution is -2.27. The first-order chi connectivity index (χ1) is 16.5. The molecule has 0 bridgehead atoms. The van der Waals surface area contributed by atoms with Crippen molar-refractivity contribution in [2.75, 3.05) is 24.9 Å². The highest BCUT2D eigenvalue weighted by Crippen LogP contribution is 2.46. The number of para-hydroxylation sites is 2. The van der Waals surface area contributed by atoms with Crippen LogP contribution in [-0.4, -0.2) is 25.1 Å². The fraction of sp³-hybridized carbons (Fsp3) is 0.222. The molecule has 0 spiro atoms. The molecular weight excluding hydrogens is 452 g/mol. The van der Waals surface area contributed by atoms with Crippen molar-refractivity contribution in [3.8, 4) is 17.2 Å². The monoisotopic (exact) mass is 476 g/mol. The predicted molar refractivity (Wildman–Crippen MR) is 133 cm³/mol. The summed E-state index contributed by atoms with van der Waals surface area (Å²) in [5.74, 6) is 1.35. The Morgan fingerprint density at radius 2 is 1.71 bits per heavy atom. The standard InChI is InChI=1S/C27H25ClN2O4/c1-33-24-10-7-15(13-25(24)34-2)16-11-21-26(23(32)12-16)27(18-14-17(28)8-9-22(18)31)30-20-6-4-3-5-19(20)29-21/h3-10,13-14,16,27,29-31H,11-12H2,1-2H3. The molecule has 0 radical (unpaired) electrons. The Labute approximate surface area is 203 Å². The summed E-state index contributed by atoms with van der Waals surface area (Å²) in [6.07, 6.45) is 0.968. The topological polar surface area (TPSA) is 79.8 Å². The van der Waals surface area contributed by atoms with Gasteiger partial charge < -0.3 is 25.2 Å². The fourth-order valence-corrected chi connectivity index (χ4v) is 5.01. The van der Waals surface area contributed by atoms with E-state index in [4.69, 9.17) is 21.1 Å². The lowest BCUT2D eigenvalue weighted by Gasteiger charge is -2.30. The Morgan fingerprint density at radius 1 is 0.941 bits per heavy atom. The Morgan fingerprint density at radius 3 is 2.47 bits per heavy atom. The molecule has 1 aliphatic heterocycles. The second-order valence-electron chi connectivity index (χ2n) is 8.49. The number of methoxy groups -OCH3 is 2. The minimum absolute atomic E-state index is 0.0122. The number of carbonyl (C=O) groups is 1. The third-order valence-electron chi connectivity index (χ3n) is 6.49. The van der Waals surface area contributed by atoms with Crippen LogP contribution in [0.15, 0.2) is 71.9 Å². The maximum Gasteiger partial charge on any atom is 0.163 e. The molecule has 3 aromatic carbocycles. The average molecular weight is 477 g/mol. The molecule has 3 N–H and O–H groups in total. The molecule has 1 heterocycles. The summed E-state index contributed by atoms with van der Waals surface area (Å²) in [4.78, 5) is 13.7. The number of aromatic hydroxyl groups is 1. The number of hydrogen-bond donors (Lipinski definition) is 3. The minimum atomic E-state index is -0.538. The van der Waals surface area contributed by atoms with Crippen LogP contribution in [0.5, 0.6) is 17.2 Å². The molecule has 6 nitrogen and oxygen atoms in total. The largest absolute Gasteiger partial charge is 0.508 e. The lowest BCUT2D eigenvalue weighted by molar-refractivity contribution is -0.116. The van der Waals surface area contributed by atoms with Crippen LogP contribution in [0, 0.1) is 0 Å². The van der Waals surface area contributed by atoms with Gasteiger partial charge in [-0.05, 0) is 60.4 Å². The van der Waals surface area contributed by atoms with Gasteiger partial charge in [-0.1, -0.05) is 29.8 Å². The van der Waals surface area contributed by atoms with Crippen molar-refractivity contribution in [3.63, 3.8) is 0 Å². The summed E-state index contributed by atoms with van der Waals surface area (Å²) < 4.78 is 10.8. The molecule has 0 saturated heterocycles. The van der Waals surface area contributed by atoms with Gasteiger partial charge >= 0.3 is 0 Å². The van der Waals surface area contributed by atoms with Crippen LogP contribution in [0.1, 0.15) is 35.9 Å². The zero-order valence-corrected chi connectivity index (χ0v) is 19.6. The normalized spacial score (nSPS) is 19.3. The number of ketones is 1. The molecule has 0 amide bonds. The van der Waals surface area contributed by atoms with Gasteiger partial charge in [0.2, 0.25) is 0 Å². The van der Waals surface area contributed by atoms with Gasteiger partial charge in [0, 0.05) is 28.3 Å². The van der Waals surface area contributed by atoms with E-state index in [1.54, 1.807) is 32.4 Å². The second kappa shape index (κ2) is 8.95. The van der Waals surface area contributed by atoms with Gasteiger partial charge in [-0.15, -0.1) is 0 Å². The number of phenols is 1. The molecule has 3 aromatic rings. The van der Waals surface area contributed by atoms with Crippen molar-refractivity contribution in [2.45, 2.75) is 24.8 Å². The Hall–Kier alpha value is -3.64. The molecule has 0 aromatic heterocycles. The Kier molecular flexibility index (Phi) is 5.84. The molecule has 0 fully saturated rings.